The van der Waals surface area contributed by atoms with Crippen molar-refractivity contribution in [1.29, 1.82) is 0 Å². The number of likely N-dealkylation sites (N-methyl/N-ethyl adjacent to an activating group) is 1. The molecular formula is C16H25FN2O2. The van der Waals surface area contributed by atoms with Crippen molar-refractivity contribution in [2.45, 2.75) is 32.5 Å². The van der Waals surface area contributed by atoms with Gasteiger partial charge in [0, 0.05) is 31.2 Å². The van der Waals surface area contributed by atoms with Gasteiger partial charge in [-0.15, -0.1) is 0 Å². The number of morpholine rings is 1. The Hall–Kier alpha value is -1.17. The molecule has 4 nitrogen and oxygen atoms in total. The Kier molecular flexibility index (Phi) is 5.96. The first-order valence-corrected chi connectivity index (χ1v) is 7.49. The molecule has 1 heterocycles. The summed E-state index contributed by atoms with van der Waals surface area (Å²) in [6.07, 6.45) is 0.0692. The van der Waals surface area contributed by atoms with E-state index >= 15 is 0 Å². The molecule has 1 aliphatic heterocycles. The number of hydrogen-bond acceptors (Lipinski definition) is 4. The van der Waals surface area contributed by atoms with E-state index in [9.17, 15) is 4.39 Å². The lowest BCUT2D eigenvalue weighted by Crippen LogP contribution is -2.42. The van der Waals surface area contributed by atoms with Gasteiger partial charge in [-0.2, -0.15) is 0 Å². The number of nitrogens with zero attached hydrogens (tertiary/aromatic N) is 1. The fourth-order valence-electron chi connectivity index (χ4n) is 2.29. The third kappa shape index (κ3) is 5.26. The van der Waals surface area contributed by atoms with Crippen LogP contribution in [0.25, 0.3) is 0 Å². The van der Waals surface area contributed by atoms with Crippen LogP contribution in [0.4, 0.5) is 4.39 Å². The number of benzene rings is 1. The van der Waals surface area contributed by atoms with E-state index < -0.39 is 0 Å². The lowest BCUT2D eigenvalue weighted by atomic mass is 10.2. The van der Waals surface area contributed by atoms with Gasteiger partial charge in [0.25, 0.3) is 0 Å². The van der Waals surface area contributed by atoms with E-state index in [0.717, 1.165) is 31.0 Å². The number of halogens is 1. The van der Waals surface area contributed by atoms with Crippen LogP contribution >= 0.6 is 0 Å². The number of nitrogens with one attached hydrogen (secondary N) is 1. The van der Waals surface area contributed by atoms with Crippen LogP contribution < -0.4 is 10.1 Å². The normalized spacial score (nSPS) is 20.0. The summed E-state index contributed by atoms with van der Waals surface area (Å²) >= 11 is 0. The lowest BCUT2D eigenvalue weighted by Gasteiger charge is -2.30. The number of hydrogen-bond donors (Lipinski definition) is 1. The minimum Gasteiger partial charge on any atom is -0.490 e. The van der Waals surface area contributed by atoms with Gasteiger partial charge in [0.05, 0.1) is 6.61 Å². The molecule has 1 aliphatic rings. The average molecular weight is 296 g/mol. The molecule has 0 saturated carbocycles. The molecule has 1 saturated heterocycles. The van der Waals surface area contributed by atoms with Gasteiger partial charge in [-0.1, -0.05) is 13.8 Å². The fraction of sp³-hybridized carbons (Fsp3) is 0.625. The number of rotatable bonds is 6. The van der Waals surface area contributed by atoms with E-state index in [-0.39, 0.29) is 11.9 Å². The lowest BCUT2D eigenvalue weighted by molar-refractivity contribution is -0.0404. The van der Waals surface area contributed by atoms with Crippen molar-refractivity contribution >= 4 is 0 Å². The molecule has 1 aromatic rings. The highest BCUT2D eigenvalue weighted by molar-refractivity contribution is 5.34. The third-order valence-electron chi connectivity index (χ3n) is 3.49. The fourth-order valence-corrected chi connectivity index (χ4v) is 2.29. The topological polar surface area (TPSA) is 33.7 Å². The maximum Gasteiger partial charge on any atom is 0.124 e. The Balaban J connectivity index is 1.94. The summed E-state index contributed by atoms with van der Waals surface area (Å²) in [6.45, 7) is 7.75. The summed E-state index contributed by atoms with van der Waals surface area (Å²) in [5.74, 6) is 0.484. The third-order valence-corrected chi connectivity index (χ3v) is 3.49. The zero-order valence-corrected chi connectivity index (χ0v) is 13.1. The smallest absolute Gasteiger partial charge is 0.124 e. The van der Waals surface area contributed by atoms with Crippen LogP contribution in [0.3, 0.4) is 0 Å². The zero-order chi connectivity index (χ0) is 15.2. The predicted octanol–water partition coefficient (Wildman–Crippen LogP) is 2.03. The highest BCUT2D eigenvalue weighted by Crippen LogP contribution is 2.20. The monoisotopic (exact) mass is 296 g/mol. The van der Waals surface area contributed by atoms with Gasteiger partial charge < -0.3 is 19.7 Å². The molecule has 0 amide bonds. The van der Waals surface area contributed by atoms with Crippen molar-refractivity contribution in [3.05, 3.63) is 29.6 Å². The van der Waals surface area contributed by atoms with Crippen LogP contribution in [0.5, 0.6) is 5.75 Å². The van der Waals surface area contributed by atoms with Crippen molar-refractivity contribution in [3.63, 3.8) is 0 Å². The Bertz CT molecular complexity index is 454. The Labute approximate surface area is 126 Å². The minimum absolute atomic E-state index is 0.0692. The van der Waals surface area contributed by atoms with Crippen LogP contribution in [0, 0.1) is 5.82 Å². The highest BCUT2D eigenvalue weighted by Gasteiger charge is 2.18. The van der Waals surface area contributed by atoms with Gasteiger partial charge in [0.2, 0.25) is 0 Å². The van der Waals surface area contributed by atoms with E-state index in [4.69, 9.17) is 9.47 Å². The summed E-state index contributed by atoms with van der Waals surface area (Å²) < 4.78 is 24.9. The Morgan fingerprint density at radius 1 is 1.48 bits per heavy atom. The summed E-state index contributed by atoms with van der Waals surface area (Å²) in [4.78, 5) is 2.23. The van der Waals surface area contributed by atoms with Crippen LogP contribution in [0.15, 0.2) is 18.2 Å². The summed E-state index contributed by atoms with van der Waals surface area (Å²) in [5.41, 5.74) is 0.841. The van der Waals surface area contributed by atoms with Crippen molar-refractivity contribution in [3.8, 4) is 5.75 Å². The van der Waals surface area contributed by atoms with E-state index in [1.807, 2.05) is 0 Å². The van der Waals surface area contributed by atoms with Crippen LogP contribution in [-0.4, -0.2) is 50.4 Å². The molecule has 1 unspecified atom stereocenters. The maximum absolute atomic E-state index is 13.4. The van der Waals surface area contributed by atoms with Crippen LogP contribution in [-0.2, 0) is 11.3 Å². The standard InChI is InChI=1S/C16H25FN2O2/c1-12(2)18-9-13-8-14(17)4-5-16(13)21-11-15-10-19(3)6-7-20-15/h4-5,8,12,15,18H,6-7,9-11H2,1-3H3. The van der Waals surface area contributed by atoms with E-state index in [1.54, 1.807) is 6.07 Å². The molecule has 118 valence electrons. The predicted molar refractivity (Wildman–Crippen MR) is 81.1 cm³/mol. The molecule has 1 atom stereocenters. The summed E-state index contributed by atoms with van der Waals surface area (Å²) in [6, 6.07) is 5.00. The molecule has 2 rings (SSSR count). The van der Waals surface area contributed by atoms with Gasteiger partial charge in [0.1, 0.15) is 24.3 Å². The van der Waals surface area contributed by atoms with Gasteiger partial charge >= 0.3 is 0 Å². The zero-order valence-electron chi connectivity index (χ0n) is 13.1. The van der Waals surface area contributed by atoms with E-state index in [1.165, 1.54) is 12.1 Å². The highest BCUT2D eigenvalue weighted by atomic mass is 19.1. The molecule has 5 heteroatoms. The Morgan fingerprint density at radius 2 is 2.29 bits per heavy atom. The SMILES string of the molecule is CC(C)NCc1cc(F)ccc1OCC1CN(C)CCO1. The molecule has 0 spiro atoms. The van der Waals surface area contributed by atoms with E-state index in [2.05, 4.69) is 31.1 Å². The quantitative estimate of drug-likeness (QED) is 0.871. The van der Waals surface area contributed by atoms with Crippen LogP contribution in [0.2, 0.25) is 0 Å². The van der Waals surface area contributed by atoms with Gasteiger partial charge in [-0.25, -0.2) is 4.39 Å². The second-order valence-electron chi connectivity index (χ2n) is 5.85. The van der Waals surface area contributed by atoms with Crippen molar-refractivity contribution in [2.24, 2.45) is 0 Å². The molecule has 1 N–H and O–H groups in total. The second kappa shape index (κ2) is 7.73. The summed E-state index contributed by atoms with van der Waals surface area (Å²) in [5, 5.41) is 3.29. The largest absolute Gasteiger partial charge is 0.490 e. The van der Waals surface area contributed by atoms with Crippen molar-refractivity contribution < 1.29 is 13.9 Å². The van der Waals surface area contributed by atoms with Crippen molar-refractivity contribution in [2.75, 3.05) is 33.4 Å². The molecular weight excluding hydrogens is 271 g/mol. The molecule has 21 heavy (non-hydrogen) atoms. The summed E-state index contributed by atoms with van der Waals surface area (Å²) in [7, 11) is 2.07. The molecule has 1 fully saturated rings. The Morgan fingerprint density at radius 3 is 3.00 bits per heavy atom. The average Bonchev–Trinajstić information content (AvgIpc) is 2.44. The molecule has 0 aromatic heterocycles. The van der Waals surface area contributed by atoms with Crippen molar-refractivity contribution in [1.82, 2.24) is 10.2 Å². The maximum atomic E-state index is 13.4. The number of ether oxygens (including phenoxy) is 2. The van der Waals surface area contributed by atoms with Gasteiger partial charge in [0.15, 0.2) is 0 Å². The molecule has 1 aromatic carbocycles. The molecule has 0 radical (unpaired) electrons. The first-order valence-electron chi connectivity index (χ1n) is 7.49. The first-order chi connectivity index (χ1) is 10.0. The second-order valence-corrected chi connectivity index (χ2v) is 5.85. The first kappa shape index (κ1) is 16.2. The molecule has 0 bridgehead atoms. The van der Waals surface area contributed by atoms with Gasteiger partial charge in [-0.3, -0.25) is 0 Å². The molecule has 0 aliphatic carbocycles. The van der Waals surface area contributed by atoms with Gasteiger partial charge in [-0.05, 0) is 25.2 Å². The van der Waals surface area contributed by atoms with E-state index in [0.29, 0.717) is 19.2 Å². The van der Waals surface area contributed by atoms with Crippen LogP contribution in [0.1, 0.15) is 19.4 Å². The minimum atomic E-state index is -0.239.